The Morgan fingerprint density at radius 3 is 2.20 bits per heavy atom. The van der Waals surface area contributed by atoms with Crippen molar-refractivity contribution >= 4 is 23.4 Å². The van der Waals surface area contributed by atoms with E-state index in [2.05, 4.69) is 0 Å². The predicted molar refractivity (Wildman–Crippen MR) is 69.2 cm³/mol. The molecule has 3 rings (SSSR count). The number of carbonyl (C=O) groups excluding carboxylic acids is 4. The normalized spacial score (nSPS) is 21.5. The summed E-state index contributed by atoms with van der Waals surface area (Å²) in [5.74, 6) is -1.96. The maximum Gasteiger partial charge on any atom is 0.261 e. The number of imide groups is 1. The molecule has 1 fully saturated rings. The molecule has 2 aliphatic rings. The third-order valence-corrected chi connectivity index (χ3v) is 3.89. The molecule has 0 saturated heterocycles. The molecule has 1 aromatic rings. The summed E-state index contributed by atoms with van der Waals surface area (Å²) in [6.45, 7) is -0.303. The Kier molecular flexibility index (Phi) is 2.97. The van der Waals surface area contributed by atoms with Crippen LogP contribution >= 0.6 is 0 Å². The van der Waals surface area contributed by atoms with E-state index in [-0.39, 0.29) is 18.1 Å². The SMILES string of the molecule is O=C1CCC[C@H]1C(=O)CN1C(=O)c2ccccc2C1=O. The second-order valence-corrected chi connectivity index (χ2v) is 5.12. The lowest BCUT2D eigenvalue weighted by Gasteiger charge is -2.15. The van der Waals surface area contributed by atoms with Crippen LogP contribution in [0.25, 0.3) is 0 Å². The Morgan fingerprint density at radius 2 is 1.70 bits per heavy atom. The number of fused-ring (bicyclic) bond motifs is 1. The van der Waals surface area contributed by atoms with Gasteiger partial charge in [-0.05, 0) is 25.0 Å². The number of hydrogen-bond donors (Lipinski definition) is 0. The third-order valence-electron chi connectivity index (χ3n) is 3.89. The molecule has 1 saturated carbocycles. The van der Waals surface area contributed by atoms with Gasteiger partial charge < -0.3 is 0 Å². The van der Waals surface area contributed by atoms with E-state index in [0.717, 1.165) is 4.90 Å². The largest absolute Gasteiger partial charge is 0.299 e. The molecule has 102 valence electrons. The fourth-order valence-corrected chi connectivity index (χ4v) is 2.80. The fraction of sp³-hybridized carbons (Fsp3) is 0.333. The number of hydrogen-bond acceptors (Lipinski definition) is 4. The molecule has 5 heteroatoms. The molecule has 0 N–H and O–H groups in total. The highest BCUT2D eigenvalue weighted by Gasteiger charge is 2.39. The Bertz CT molecular complexity index is 600. The van der Waals surface area contributed by atoms with Gasteiger partial charge in [-0.1, -0.05) is 12.1 Å². The highest BCUT2D eigenvalue weighted by atomic mass is 16.2. The first-order valence-corrected chi connectivity index (χ1v) is 6.60. The summed E-state index contributed by atoms with van der Waals surface area (Å²) in [6.07, 6.45) is 1.65. The number of nitrogens with zero attached hydrogens (tertiary/aromatic N) is 1. The number of Topliss-reactive ketones (excluding diaryl/α,β-unsaturated/α-hetero) is 2. The van der Waals surface area contributed by atoms with Gasteiger partial charge in [-0.3, -0.25) is 24.1 Å². The van der Waals surface area contributed by atoms with Crippen LogP contribution in [0.15, 0.2) is 24.3 Å². The van der Waals surface area contributed by atoms with Gasteiger partial charge in [0.2, 0.25) is 0 Å². The van der Waals surface area contributed by atoms with E-state index >= 15 is 0 Å². The van der Waals surface area contributed by atoms with Gasteiger partial charge >= 0.3 is 0 Å². The zero-order chi connectivity index (χ0) is 14.3. The second-order valence-electron chi connectivity index (χ2n) is 5.12. The van der Waals surface area contributed by atoms with Crippen LogP contribution in [0.3, 0.4) is 0 Å². The molecule has 5 nitrogen and oxygen atoms in total. The molecular weight excluding hydrogens is 258 g/mol. The molecule has 1 aliphatic carbocycles. The molecular formula is C15H13NO4. The van der Waals surface area contributed by atoms with Crippen LogP contribution in [0.2, 0.25) is 0 Å². The van der Waals surface area contributed by atoms with Crippen molar-refractivity contribution in [3.05, 3.63) is 35.4 Å². The minimum Gasteiger partial charge on any atom is -0.299 e. The van der Waals surface area contributed by atoms with Crippen LogP contribution < -0.4 is 0 Å². The van der Waals surface area contributed by atoms with Crippen molar-refractivity contribution in [1.82, 2.24) is 4.90 Å². The molecule has 0 bridgehead atoms. The summed E-state index contributed by atoms with van der Waals surface area (Å²) in [5, 5.41) is 0. The zero-order valence-electron chi connectivity index (χ0n) is 10.8. The van der Waals surface area contributed by atoms with Crippen molar-refractivity contribution in [2.45, 2.75) is 19.3 Å². The smallest absolute Gasteiger partial charge is 0.261 e. The number of amides is 2. The first kappa shape index (κ1) is 12.7. The van der Waals surface area contributed by atoms with E-state index in [1.54, 1.807) is 24.3 Å². The molecule has 0 unspecified atom stereocenters. The fourth-order valence-electron chi connectivity index (χ4n) is 2.80. The molecule has 0 radical (unpaired) electrons. The molecule has 1 heterocycles. The summed E-state index contributed by atoms with van der Waals surface area (Å²) in [5.41, 5.74) is 0.645. The van der Waals surface area contributed by atoms with E-state index in [4.69, 9.17) is 0 Å². The minimum atomic E-state index is -0.640. The monoisotopic (exact) mass is 271 g/mol. The van der Waals surface area contributed by atoms with Crippen LogP contribution in [0, 0.1) is 5.92 Å². The Labute approximate surface area is 115 Å². The van der Waals surface area contributed by atoms with Crippen LogP contribution in [0.5, 0.6) is 0 Å². The summed E-state index contributed by atoms with van der Waals surface area (Å²) < 4.78 is 0. The zero-order valence-corrected chi connectivity index (χ0v) is 10.8. The van der Waals surface area contributed by atoms with Crippen molar-refractivity contribution in [1.29, 1.82) is 0 Å². The molecule has 1 aromatic carbocycles. The highest BCUT2D eigenvalue weighted by Crippen LogP contribution is 2.26. The van der Waals surface area contributed by atoms with E-state index in [0.29, 0.717) is 30.4 Å². The van der Waals surface area contributed by atoms with Gasteiger partial charge in [-0.2, -0.15) is 0 Å². The summed E-state index contributed by atoms with van der Waals surface area (Å²) in [4.78, 5) is 48.8. The lowest BCUT2D eigenvalue weighted by molar-refractivity contribution is -0.131. The lowest BCUT2D eigenvalue weighted by Crippen LogP contribution is -2.38. The maximum atomic E-state index is 12.1. The van der Waals surface area contributed by atoms with Gasteiger partial charge in [0.15, 0.2) is 5.78 Å². The summed E-state index contributed by atoms with van der Waals surface area (Å²) in [7, 11) is 0. The van der Waals surface area contributed by atoms with E-state index in [1.165, 1.54) is 0 Å². The topological polar surface area (TPSA) is 71.5 Å². The molecule has 1 atom stereocenters. The number of ketones is 2. The summed E-state index contributed by atoms with van der Waals surface area (Å²) >= 11 is 0. The maximum absolute atomic E-state index is 12.1. The van der Waals surface area contributed by atoms with Crippen molar-refractivity contribution in [2.75, 3.05) is 6.54 Å². The average Bonchev–Trinajstić information content (AvgIpc) is 2.97. The number of carbonyl (C=O) groups is 4. The predicted octanol–water partition coefficient (Wildman–Crippen LogP) is 1.22. The number of rotatable bonds is 3. The second kappa shape index (κ2) is 4.67. The van der Waals surface area contributed by atoms with Gasteiger partial charge in [0, 0.05) is 6.42 Å². The molecule has 0 spiro atoms. The van der Waals surface area contributed by atoms with Crippen LogP contribution in [-0.2, 0) is 9.59 Å². The standard InChI is InChI=1S/C15H13NO4/c17-12-7-3-6-11(12)13(18)8-16-14(19)9-4-1-2-5-10(9)15(16)20/h1-2,4-5,11H,3,6-8H2/t11-/m1/s1. The van der Waals surface area contributed by atoms with Gasteiger partial charge in [0.25, 0.3) is 11.8 Å². The van der Waals surface area contributed by atoms with Crippen LogP contribution in [0.4, 0.5) is 0 Å². The highest BCUT2D eigenvalue weighted by molar-refractivity contribution is 6.23. The molecule has 1 aliphatic heterocycles. The van der Waals surface area contributed by atoms with Crippen molar-refractivity contribution in [2.24, 2.45) is 5.92 Å². The molecule has 2 amide bonds. The minimum absolute atomic E-state index is 0.0772. The van der Waals surface area contributed by atoms with Crippen molar-refractivity contribution < 1.29 is 19.2 Å². The third kappa shape index (κ3) is 1.86. The van der Waals surface area contributed by atoms with Gasteiger partial charge in [-0.25, -0.2) is 0 Å². The van der Waals surface area contributed by atoms with Gasteiger partial charge in [-0.15, -0.1) is 0 Å². The Morgan fingerprint density at radius 1 is 1.10 bits per heavy atom. The van der Waals surface area contributed by atoms with E-state index in [1.807, 2.05) is 0 Å². The van der Waals surface area contributed by atoms with Gasteiger partial charge in [0.05, 0.1) is 23.6 Å². The van der Waals surface area contributed by atoms with Crippen molar-refractivity contribution in [3.8, 4) is 0 Å². The van der Waals surface area contributed by atoms with E-state index < -0.39 is 17.7 Å². The quantitative estimate of drug-likeness (QED) is 0.612. The molecule has 0 aromatic heterocycles. The van der Waals surface area contributed by atoms with Crippen LogP contribution in [-0.4, -0.2) is 34.8 Å². The molecule has 20 heavy (non-hydrogen) atoms. The Hall–Kier alpha value is -2.30. The van der Waals surface area contributed by atoms with Gasteiger partial charge in [0.1, 0.15) is 5.78 Å². The summed E-state index contributed by atoms with van der Waals surface area (Å²) in [6, 6.07) is 6.49. The van der Waals surface area contributed by atoms with Crippen molar-refractivity contribution in [3.63, 3.8) is 0 Å². The van der Waals surface area contributed by atoms with Crippen LogP contribution in [0.1, 0.15) is 40.0 Å². The first-order valence-electron chi connectivity index (χ1n) is 6.60. The Balaban J connectivity index is 1.80. The first-order chi connectivity index (χ1) is 9.59. The van der Waals surface area contributed by atoms with E-state index in [9.17, 15) is 19.2 Å². The lowest BCUT2D eigenvalue weighted by atomic mass is 10.0. The average molecular weight is 271 g/mol. The number of benzene rings is 1.